The van der Waals surface area contributed by atoms with Crippen molar-refractivity contribution in [3.05, 3.63) is 22.8 Å². The highest BCUT2D eigenvalue weighted by Gasteiger charge is 2.21. The molecule has 5 nitrogen and oxygen atoms in total. The number of hydrogen-bond donors (Lipinski definition) is 0. The molecule has 16 heavy (non-hydrogen) atoms. The van der Waals surface area contributed by atoms with Crippen molar-refractivity contribution in [1.29, 1.82) is 0 Å². The van der Waals surface area contributed by atoms with Gasteiger partial charge in [0.15, 0.2) is 0 Å². The Balaban J connectivity index is 2.96. The monoisotopic (exact) mass is 243 g/mol. The first-order valence-electron chi connectivity index (χ1n) is 4.52. The molecule has 0 bridgehead atoms. The third-order valence-electron chi connectivity index (χ3n) is 1.74. The predicted molar refractivity (Wildman–Crippen MR) is 56.8 cm³/mol. The van der Waals surface area contributed by atoms with Gasteiger partial charge in [0.25, 0.3) is 5.78 Å². The van der Waals surface area contributed by atoms with Crippen molar-refractivity contribution in [3.8, 4) is 5.88 Å². The van der Waals surface area contributed by atoms with Crippen molar-refractivity contribution in [1.82, 2.24) is 4.98 Å². The van der Waals surface area contributed by atoms with E-state index >= 15 is 0 Å². The number of methoxy groups -OCH3 is 1. The summed E-state index contributed by atoms with van der Waals surface area (Å²) in [5, 5.41) is -0.0857. The topological polar surface area (TPSA) is 65.5 Å². The highest BCUT2D eigenvalue weighted by atomic mass is 35.5. The van der Waals surface area contributed by atoms with Crippen molar-refractivity contribution in [2.24, 2.45) is 0 Å². The molecule has 1 aromatic rings. The summed E-state index contributed by atoms with van der Waals surface area (Å²) in [5.41, 5.74) is 0.000849. The maximum Gasteiger partial charge on any atom is 0.379 e. The van der Waals surface area contributed by atoms with Crippen LogP contribution in [0, 0.1) is 0 Å². The molecule has 1 aromatic heterocycles. The number of carbonyl (C=O) groups is 2. The number of ketones is 1. The quantitative estimate of drug-likeness (QED) is 0.347. The highest BCUT2D eigenvalue weighted by molar-refractivity contribution is 6.45. The number of Topliss-reactive ketones (excluding diaryl/α,β-unsaturated/α-hetero) is 1. The summed E-state index contributed by atoms with van der Waals surface area (Å²) in [5.74, 6) is -1.50. The minimum atomic E-state index is -0.948. The van der Waals surface area contributed by atoms with Crippen LogP contribution in [0.3, 0.4) is 0 Å². The standard InChI is InChI=1S/C10H10ClNO4/c1-3-16-10(14)8(13)6-4-5-7(15-2)12-9(6)11/h4-5H,3H2,1-2H3. The van der Waals surface area contributed by atoms with E-state index in [9.17, 15) is 9.59 Å². The number of halogens is 1. The molecule has 0 amide bonds. The third-order valence-corrected chi connectivity index (χ3v) is 2.03. The lowest BCUT2D eigenvalue weighted by Gasteiger charge is -2.04. The smallest absolute Gasteiger partial charge is 0.379 e. The molecule has 0 aliphatic carbocycles. The SMILES string of the molecule is CCOC(=O)C(=O)c1ccc(OC)nc1Cl. The molecule has 0 saturated heterocycles. The fourth-order valence-corrected chi connectivity index (χ4v) is 1.24. The molecule has 0 aliphatic rings. The Morgan fingerprint density at radius 1 is 1.44 bits per heavy atom. The largest absolute Gasteiger partial charge is 0.481 e. The molecule has 0 aromatic carbocycles. The molecule has 0 aliphatic heterocycles. The van der Waals surface area contributed by atoms with Crippen LogP contribution in [0.25, 0.3) is 0 Å². The Bertz CT molecular complexity index is 419. The van der Waals surface area contributed by atoms with E-state index in [-0.39, 0.29) is 23.2 Å². The van der Waals surface area contributed by atoms with E-state index in [2.05, 4.69) is 9.72 Å². The van der Waals surface area contributed by atoms with E-state index < -0.39 is 11.8 Å². The molecule has 0 radical (unpaired) electrons. The molecule has 0 fully saturated rings. The molecule has 0 spiro atoms. The molecule has 1 heterocycles. The Morgan fingerprint density at radius 3 is 2.62 bits per heavy atom. The lowest BCUT2D eigenvalue weighted by Crippen LogP contribution is -2.18. The molecular weight excluding hydrogens is 234 g/mol. The van der Waals surface area contributed by atoms with Gasteiger partial charge in [0.2, 0.25) is 5.88 Å². The molecule has 1 rings (SSSR count). The van der Waals surface area contributed by atoms with Gasteiger partial charge in [0, 0.05) is 6.07 Å². The van der Waals surface area contributed by atoms with Crippen molar-refractivity contribution in [3.63, 3.8) is 0 Å². The van der Waals surface area contributed by atoms with Gasteiger partial charge >= 0.3 is 5.97 Å². The minimum absolute atomic E-state index is 0.000849. The Morgan fingerprint density at radius 2 is 2.12 bits per heavy atom. The number of nitrogens with zero attached hydrogens (tertiary/aromatic N) is 1. The van der Waals surface area contributed by atoms with E-state index in [1.807, 2.05) is 0 Å². The molecule has 0 unspecified atom stereocenters. The Labute approximate surface area is 97.3 Å². The number of esters is 1. The summed E-state index contributed by atoms with van der Waals surface area (Å²) in [6.45, 7) is 1.74. The van der Waals surface area contributed by atoms with Crippen LogP contribution in [0.5, 0.6) is 5.88 Å². The number of pyridine rings is 1. The zero-order valence-electron chi connectivity index (χ0n) is 8.82. The predicted octanol–water partition coefficient (Wildman–Crippen LogP) is 1.49. The first-order valence-corrected chi connectivity index (χ1v) is 4.90. The van der Waals surface area contributed by atoms with Gasteiger partial charge < -0.3 is 9.47 Å². The fraction of sp³-hybridized carbons (Fsp3) is 0.300. The average Bonchev–Trinajstić information content (AvgIpc) is 2.28. The van der Waals surface area contributed by atoms with Crippen LogP contribution in [0.15, 0.2) is 12.1 Å². The summed E-state index contributed by atoms with van der Waals surface area (Å²) in [4.78, 5) is 26.4. The van der Waals surface area contributed by atoms with Crippen molar-refractivity contribution < 1.29 is 19.1 Å². The van der Waals surface area contributed by atoms with Gasteiger partial charge in [-0.2, -0.15) is 0 Å². The number of rotatable bonds is 4. The summed E-state index contributed by atoms with van der Waals surface area (Å²) >= 11 is 5.73. The van der Waals surface area contributed by atoms with Gasteiger partial charge in [-0.1, -0.05) is 11.6 Å². The van der Waals surface area contributed by atoms with Gasteiger partial charge in [-0.05, 0) is 13.0 Å². The Kier molecular flexibility index (Phi) is 4.25. The zero-order valence-corrected chi connectivity index (χ0v) is 9.58. The number of ether oxygens (including phenoxy) is 2. The van der Waals surface area contributed by atoms with Gasteiger partial charge in [-0.15, -0.1) is 0 Å². The second kappa shape index (κ2) is 5.46. The van der Waals surface area contributed by atoms with Crippen molar-refractivity contribution in [2.75, 3.05) is 13.7 Å². The van der Waals surface area contributed by atoms with Crippen LogP contribution in [-0.4, -0.2) is 30.5 Å². The summed E-state index contributed by atoms with van der Waals surface area (Å²) in [6, 6.07) is 2.81. The molecule has 0 atom stereocenters. The highest BCUT2D eigenvalue weighted by Crippen LogP contribution is 2.18. The van der Waals surface area contributed by atoms with Crippen LogP contribution >= 0.6 is 11.6 Å². The van der Waals surface area contributed by atoms with E-state index in [1.165, 1.54) is 19.2 Å². The second-order valence-corrected chi connectivity index (χ2v) is 3.10. The summed E-state index contributed by atoms with van der Waals surface area (Å²) in [7, 11) is 1.42. The van der Waals surface area contributed by atoms with Crippen LogP contribution in [-0.2, 0) is 9.53 Å². The zero-order chi connectivity index (χ0) is 12.1. The van der Waals surface area contributed by atoms with Crippen molar-refractivity contribution >= 4 is 23.4 Å². The number of carbonyl (C=O) groups excluding carboxylic acids is 2. The van der Waals surface area contributed by atoms with E-state index in [0.717, 1.165) is 0 Å². The maximum atomic E-state index is 11.5. The molecule has 0 saturated carbocycles. The van der Waals surface area contributed by atoms with E-state index in [0.29, 0.717) is 0 Å². The maximum absolute atomic E-state index is 11.5. The molecule has 0 N–H and O–H groups in total. The molecule has 6 heteroatoms. The van der Waals surface area contributed by atoms with E-state index in [1.54, 1.807) is 6.92 Å². The molecule has 86 valence electrons. The lowest BCUT2D eigenvalue weighted by atomic mass is 10.2. The first-order chi connectivity index (χ1) is 7.60. The van der Waals surface area contributed by atoms with Gasteiger partial charge in [0.1, 0.15) is 5.15 Å². The lowest BCUT2D eigenvalue weighted by molar-refractivity contribution is -0.137. The number of hydrogen-bond acceptors (Lipinski definition) is 5. The first kappa shape index (κ1) is 12.4. The summed E-state index contributed by atoms with van der Waals surface area (Å²) < 4.78 is 9.38. The van der Waals surface area contributed by atoms with Crippen LogP contribution in [0.1, 0.15) is 17.3 Å². The molecular formula is C10H10ClNO4. The third kappa shape index (κ3) is 2.70. The second-order valence-electron chi connectivity index (χ2n) is 2.74. The van der Waals surface area contributed by atoms with Gasteiger partial charge in [-0.3, -0.25) is 4.79 Å². The average molecular weight is 244 g/mol. The van der Waals surface area contributed by atoms with E-state index in [4.69, 9.17) is 16.3 Å². The van der Waals surface area contributed by atoms with Crippen LogP contribution in [0.2, 0.25) is 5.15 Å². The van der Waals surface area contributed by atoms with Crippen LogP contribution in [0.4, 0.5) is 0 Å². The van der Waals surface area contributed by atoms with Gasteiger partial charge in [-0.25, -0.2) is 9.78 Å². The summed E-state index contributed by atoms with van der Waals surface area (Å²) in [6.07, 6.45) is 0. The Hall–Kier alpha value is -1.62. The number of aromatic nitrogens is 1. The van der Waals surface area contributed by atoms with Gasteiger partial charge in [0.05, 0.1) is 19.3 Å². The van der Waals surface area contributed by atoms with Crippen LogP contribution < -0.4 is 4.74 Å². The fourth-order valence-electron chi connectivity index (χ4n) is 1.01. The minimum Gasteiger partial charge on any atom is -0.481 e. The normalized spacial score (nSPS) is 9.69. The van der Waals surface area contributed by atoms with Crippen molar-refractivity contribution in [2.45, 2.75) is 6.92 Å².